The van der Waals surface area contributed by atoms with Crippen molar-refractivity contribution in [2.75, 3.05) is 18.6 Å². The topological polar surface area (TPSA) is 76.1 Å². The lowest BCUT2D eigenvalue weighted by Gasteiger charge is -2.25. The zero-order chi connectivity index (χ0) is 21.5. The van der Waals surface area contributed by atoms with Crippen molar-refractivity contribution in [3.63, 3.8) is 0 Å². The van der Waals surface area contributed by atoms with Crippen LogP contribution in [0.1, 0.15) is 21.5 Å². The number of anilines is 1. The van der Waals surface area contributed by atoms with Crippen LogP contribution in [0.15, 0.2) is 72.8 Å². The van der Waals surface area contributed by atoms with Gasteiger partial charge in [-0.05, 0) is 48.4 Å². The molecule has 0 fully saturated rings. The quantitative estimate of drug-likeness (QED) is 0.604. The Bertz CT molecular complexity index is 1030. The second kappa shape index (κ2) is 9.60. The van der Waals surface area contributed by atoms with Gasteiger partial charge in [0, 0.05) is 0 Å². The average molecular weight is 405 g/mol. The maximum absolute atomic E-state index is 13.1. The number of hydrogen-bond donors (Lipinski definition) is 1. The van der Waals surface area contributed by atoms with E-state index < -0.39 is 5.97 Å². The molecule has 154 valence electrons. The Balaban J connectivity index is 1.89. The van der Waals surface area contributed by atoms with E-state index in [4.69, 9.17) is 9.47 Å². The number of nitrogens with zero attached hydrogens (tertiary/aromatic N) is 1. The first kappa shape index (κ1) is 20.9. The Labute approximate surface area is 175 Å². The molecule has 0 aliphatic carbocycles. The third kappa shape index (κ3) is 4.97. The Morgan fingerprint density at radius 2 is 1.60 bits per heavy atom. The van der Waals surface area contributed by atoms with E-state index in [-0.39, 0.29) is 24.6 Å². The van der Waals surface area contributed by atoms with E-state index in [9.17, 15) is 14.7 Å². The van der Waals surface area contributed by atoms with Gasteiger partial charge in [0.2, 0.25) is 0 Å². The number of ether oxygens (including phenoxy) is 2. The molecule has 3 aromatic carbocycles. The average Bonchev–Trinajstić information content (AvgIpc) is 2.77. The second-order valence-corrected chi connectivity index (χ2v) is 6.70. The largest absolute Gasteiger partial charge is 0.497 e. The van der Waals surface area contributed by atoms with Gasteiger partial charge in [0.25, 0.3) is 5.91 Å². The lowest BCUT2D eigenvalue weighted by Crippen LogP contribution is -2.35. The number of carboxylic acid groups (broad SMARTS) is 1. The fourth-order valence-corrected chi connectivity index (χ4v) is 3.05. The molecule has 6 nitrogen and oxygen atoms in total. The number of carbonyl (C=O) groups is 2. The first-order valence-corrected chi connectivity index (χ1v) is 9.43. The first-order chi connectivity index (χ1) is 14.5. The summed E-state index contributed by atoms with van der Waals surface area (Å²) in [6, 6.07) is 21.1. The van der Waals surface area contributed by atoms with Gasteiger partial charge in [-0.25, -0.2) is 4.79 Å². The number of benzene rings is 3. The minimum absolute atomic E-state index is 0.0512. The normalized spacial score (nSPS) is 10.3. The molecule has 0 bridgehead atoms. The van der Waals surface area contributed by atoms with Crippen molar-refractivity contribution < 1.29 is 24.2 Å². The highest BCUT2D eigenvalue weighted by Gasteiger charge is 2.22. The van der Waals surface area contributed by atoms with Gasteiger partial charge in [-0.1, -0.05) is 42.5 Å². The number of methoxy groups -OCH3 is 1. The molecule has 0 aromatic heterocycles. The van der Waals surface area contributed by atoms with Gasteiger partial charge in [0.15, 0.2) is 6.61 Å². The molecular weight excluding hydrogens is 382 g/mol. The second-order valence-electron chi connectivity index (χ2n) is 6.70. The molecule has 30 heavy (non-hydrogen) atoms. The third-order valence-corrected chi connectivity index (χ3v) is 4.67. The molecule has 0 heterocycles. The van der Waals surface area contributed by atoms with Crippen molar-refractivity contribution in [3.8, 4) is 11.5 Å². The molecule has 3 rings (SSSR count). The molecule has 0 saturated carbocycles. The smallest absolute Gasteiger partial charge is 0.337 e. The summed E-state index contributed by atoms with van der Waals surface area (Å²) in [5.74, 6) is -0.132. The Morgan fingerprint density at radius 1 is 0.933 bits per heavy atom. The van der Waals surface area contributed by atoms with Gasteiger partial charge in [-0.15, -0.1) is 0 Å². The highest BCUT2D eigenvalue weighted by Crippen LogP contribution is 2.24. The van der Waals surface area contributed by atoms with Crippen LogP contribution in [0.4, 0.5) is 5.69 Å². The van der Waals surface area contributed by atoms with Gasteiger partial charge >= 0.3 is 5.97 Å². The van der Waals surface area contributed by atoms with E-state index in [0.29, 0.717) is 17.2 Å². The van der Waals surface area contributed by atoms with Crippen LogP contribution in [0, 0.1) is 6.92 Å². The molecule has 0 unspecified atom stereocenters. The van der Waals surface area contributed by atoms with Gasteiger partial charge in [-0.3, -0.25) is 4.79 Å². The third-order valence-electron chi connectivity index (χ3n) is 4.67. The maximum Gasteiger partial charge on any atom is 0.337 e. The standard InChI is InChI=1S/C24H23NO5/c1-17-7-3-6-10-22(17)30-16-23(26)25(15-18-11-13-19(29-2)14-12-18)21-9-5-4-8-20(21)24(27)28/h3-14H,15-16H2,1-2H3,(H,27,28). The Morgan fingerprint density at radius 3 is 2.27 bits per heavy atom. The van der Waals surface area contributed by atoms with Crippen LogP contribution in [-0.2, 0) is 11.3 Å². The van der Waals surface area contributed by atoms with E-state index in [1.807, 2.05) is 37.3 Å². The minimum Gasteiger partial charge on any atom is -0.497 e. The number of aromatic carboxylic acids is 1. The van der Waals surface area contributed by atoms with E-state index in [1.54, 1.807) is 43.5 Å². The molecule has 0 aliphatic heterocycles. The molecule has 0 saturated heterocycles. The van der Waals surface area contributed by atoms with Gasteiger partial charge in [0.1, 0.15) is 11.5 Å². The van der Waals surface area contributed by atoms with E-state index >= 15 is 0 Å². The predicted molar refractivity (Wildman–Crippen MR) is 114 cm³/mol. The summed E-state index contributed by atoms with van der Waals surface area (Å²) >= 11 is 0. The summed E-state index contributed by atoms with van der Waals surface area (Å²) in [5.41, 5.74) is 2.12. The molecule has 0 radical (unpaired) electrons. The molecule has 0 spiro atoms. The maximum atomic E-state index is 13.1. The fraction of sp³-hybridized carbons (Fsp3) is 0.167. The van der Waals surface area contributed by atoms with Crippen LogP contribution < -0.4 is 14.4 Å². The lowest BCUT2D eigenvalue weighted by atomic mass is 10.1. The first-order valence-electron chi connectivity index (χ1n) is 9.43. The summed E-state index contributed by atoms with van der Waals surface area (Å²) in [7, 11) is 1.58. The predicted octanol–water partition coefficient (Wildman–Crippen LogP) is 4.31. The van der Waals surface area contributed by atoms with Crippen LogP contribution in [0.2, 0.25) is 0 Å². The number of carboxylic acids is 1. The van der Waals surface area contributed by atoms with Crippen LogP contribution in [0.25, 0.3) is 0 Å². The zero-order valence-corrected chi connectivity index (χ0v) is 16.9. The van der Waals surface area contributed by atoms with Gasteiger partial charge < -0.3 is 19.5 Å². The number of amides is 1. The fourth-order valence-electron chi connectivity index (χ4n) is 3.05. The van der Waals surface area contributed by atoms with Gasteiger partial charge in [-0.2, -0.15) is 0 Å². The van der Waals surface area contributed by atoms with Crippen molar-refractivity contribution in [3.05, 3.63) is 89.5 Å². The summed E-state index contributed by atoms with van der Waals surface area (Å²) in [6.07, 6.45) is 0. The van der Waals surface area contributed by atoms with Gasteiger partial charge in [0.05, 0.1) is 24.9 Å². The monoisotopic (exact) mass is 405 g/mol. The van der Waals surface area contributed by atoms with E-state index in [0.717, 1.165) is 11.1 Å². The summed E-state index contributed by atoms with van der Waals surface area (Å²) < 4.78 is 10.9. The van der Waals surface area contributed by atoms with E-state index in [2.05, 4.69) is 0 Å². The highest BCUT2D eigenvalue weighted by atomic mass is 16.5. The molecule has 6 heteroatoms. The Hall–Kier alpha value is -3.80. The number of para-hydroxylation sites is 2. The van der Waals surface area contributed by atoms with E-state index in [1.165, 1.54) is 11.0 Å². The highest BCUT2D eigenvalue weighted by molar-refractivity contribution is 6.02. The van der Waals surface area contributed by atoms with Crippen LogP contribution >= 0.6 is 0 Å². The SMILES string of the molecule is COc1ccc(CN(C(=O)COc2ccccc2C)c2ccccc2C(=O)O)cc1. The summed E-state index contributed by atoms with van der Waals surface area (Å²) in [4.78, 5) is 26.3. The van der Waals surface area contributed by atoms with Crippen LogP contribution in [0.3, 0.4) is 0 Å². The van der Waals surface area contributed by atoms with Crippen molar-refractivity contribution in [1.82, 2.24) is 0 Å². The van der Waals surface area contributed by atoms with Crippen molar-refractivity contribution in [1.29, 1.82) is 0 Å². The zero-order valence-electron chi connectivity index (χ0n) is 16.9. The van der Waals surface area contributed by atoms with Crippen LogP contribution in [0.5, 0.6) is 11.5 Å². The number of hydrogen-bond acceptors (Lipinski definition) is 4. The van der Waals surface area contributed by atoms with Crippen LogP contribution in [-0.4, -0.2) is 30.7 Å². The molecular formula is C24H23NO5. The van der Waals surface area contributed by atoms with Crippen molar-refractivity contribution in [2.24, 2.45) is 0 Å². The number of aryl methyl sites for hydroxylation is 1. The molecule has 1 amide bonds. The molecule has 0 atom stereocenters. The summed E-state index contributed by atoms with van der Waals surface area (Å²) in [5, 5.41) is 9.59. The lowest BCUT2D eigenvalue weighted by molar-refractivity contribution is -0.120. The number of carbonyl (C=O) groups excluding carboxylic acids is 1. The molecule has 3 aromatic rings. The minimum atomic E-state index is -1.10. The van der Waals surface area contributed by atoms with Crippen molar-refractivity contribution >= 4 is 17.6 Å². The Kier molecular flexibility index (Phi) is 6.70. The number of rotatable bonds is 8. The molecule has 1 N–H and O–H groups in total. The molecule has 0 aliphatic rings. The summed E-state index contributed by atoms with van der Waals surface area (Å²) in [6.45, 7) is 1.88. The van der Waals surface area contributed by atoms with Crippen molar-refractivity contribution in [2.45, 2.75) is 13.5 Å².